The lowest BCUT2D eigenvalue weighted by molar-refractivity contribution is -0.0451. The fourth-order valence-corrected chi connectivity index (χ4v) is 2.86. The summed E-state index contributed by atoms with van der Waals surface area (Å²) in [7, 11) is 0. The Kier molecular flexibility index (Phi) is 3.08. The van der Waals surface area contributed by atoms with Crippen molar-refractivity contribution in [2.75, 3.05) is 0 Å². The number of hydrogen-bond acceptors (Lipinski definition) is 0. The first-order valence-electron chi connectivity index (χ1n) is 5.90. The van der Waals surface area contributed by atoms with E-state index in [4.69, 9.17) is 0 Å². The second kappa shape index (κ2) is 4.16. The smallest absolute Gasteiger partial charge is 0.207 e. The Hall–Kier alpha value is -0.140. The molecular weight excluding hydrogens is 182 g/mol. The molecule has 0 atom stereocenters. The molecule has 2 fully saturated rings. The molecule has 14 heavy (non-hydrogen) atoms. The number of rotatable bonds is 1. The summed E-state index contributed by atoms with van der Waals surface area (Å²) in [6.07, 6.45) is 8.09. The number of alkyl halides is 2. The SMILES string of the molecule is FC1(F)CCC([C]2CCCCC2)CC1. The van der Waals surface area contributed by atoms with Gasteiger partial charge in [-0.2, -0.15) is 0 Å². The van der Waals surface area contributed by atoms with Gasteiger partial charge < -0.3 is 0 Å². The lowest BCUT2D eigenvalue weighted by Gasteiger charge is -2.35. The lowest BCUT2D eigenvalue weighted by Crippen LogP contribution is -2.28. The summed E-state index contributed by atoms with van der Waals surface area (Å²) in [5, 5.41) is 0. The van der Waals surface area contributed by atoms with Crippen molar-refractivity contribution in [2.45, 2.75) is 63.7 Å². The van der Waals surface area contributed by atoms with Gasteiger partial charge in [-0.1, -0.05) is 19.3 Å². The van der Waals surface area contributed by atoms with Crippen LogP contribution in [0.2, 0.25) is 0 Å². The molecule has 0 unspecified atom stereocenters. The molecule has 0 amide bonds. The summed E-state index contributed by atoms with van der Waals surface area (Å²) in [4.78, 5) is 0. The molecule has 2 aliphatic rings. The number of halogens is 2. The van der Waals surface area contributed by atoms with Crippen molar-refractivity contribution in [3.05, 3.63) is 5.92 Å². The molecule has 2 aliphatic carbocycles. The molecule has 0 aliphatic heterocycles. The molecule has 1 radical (unpaired) electrons. The quantitative estimate of drug-likeness (QED) is 0.591. The molecule has 0 N–H and O–H groups in total. The zero-order valence-corrected chi connectivity index (χ0v) is 8.70. The molecule has 0 heterocycles. The highest BCUT2D eigenvalue weighted by Gasteiger charge is 2.37. The fourth-order valence-electron chi connectivity index (χ4n) is 2.86. The Morgan fingerprint density at radius 2 is 1.50 bits per heavy atom. The first kappa shape index (κ1) is 10.4. The third kappa shape index (κ3) is 2.46. The molecular formula is C12H19F2. The Bertz CT molecular complexity index is 173. The summed E-state index contributed by atoms with van der Waals surface area (Å²) in [6.45, 7) is 0. The monoisotopic (exact) mass is 201 g/mol. The van der Waals surface area contributed by atoms with Crippen molar-refractivity contribution in [3.8, 4) is 0 Å². The van der Waals surface area contributed by atoms with Crippen LogP contribution in [-0.4, -0.2) is 5.92 Å². The molecule has 0 spiro atoms. The van der Waals surface area contributed by atoms with Crippen molar-refractivity contribution >= 4 is 0 Å². The minimum absolute atomic E-state index is 0.126. The van der Waals surface area contributed by atoms with Crippen LogP contribution in [-0.2, 0) is 0 Å². The highest BCUT2D eigenvalue weighted by molar-refractivity contribution is 5.00. The van der Waals surface area contributed by atoms with Crippen molar-refractivity contribution in [1.82, 2.24) is 0 Å². The molecule has 0 saturated heterocycles. The largest absolute Gasteiger partial charge is 0.248 e. The molecule has 0 aromatic heterocycles. The second-order valence-electron chi connectivity index (χ2n) is 4.85. The average molecular weight is 201 g/mol. The zero-order valence-electron chi connectivity index (χ0n) is 8.70. The molecule has 0 aromatic carbocycles. The van der Waals surface area contributed by atoms with E-state index in [1.807, 2.05) is 0 Å². The van der Waals surface area contributed by atoms with Crippen molar-refractivity contribution in [1.29, 1.82) is 0 Å². The zero-order chi connectivity index (χ0) is 10.0. The molecule has 81 valence electrons. The van der Waals surface area contributed by atoms with Crippen LogP contribution in [0.5, 0.6) is 0 Å². The summed E-state index contributed by atoms with van der Waals surface area (Å²) in [5.74, 6) is -0.215. The van der Waals surface area contributed by atoms with Gasteiger partial charge in [-0.3, -0.25) is 0 Å². The maximum absolute atomic E-state index is 12.9. The highest BCUT2D eigenvalue weighted by atomic mass is 19.3. The fraction of sp³-hybridized carbons (Fsp3) is 0.917. The van der Waals surface area contributed by atoms with Crippen molar-refractivity contribution in [3.63, 3.8) is 0 Å². The van der Waals surface area contributed by atoms with Gasteiger partial charge in [0.15, 0.2) is 0 Å². The van der Waals surface area contributed by atoms with E-state index in [0.717, 1.165) is 12.8 Å². The van der Waals surface area contributed by atoms with Crippen molar-refractivity contribution in [2.24, 2.45) is 5.92 Å². The van der Waals surface area contributed by atoms with Gasteiger partial charge in [-0.25, -0.2) is 8.78 Å². The number of hydrogen-bond donors (Lipinski definition) is 0. The van der Waals surface area contributed by atoms with Crippen LogP contribution < -0.4 is 0 Å². The Morgan fingerprint density at radius 1 is 0.929 bits per heavy atom. The predicted molar refractivity (Wildman–Crippen MR) is 53.2 cm³/mol. The van der Waals surface area contributed by atoms with Gasteiger partial charge >= 0.3 is 0 Å². The highest BCUT2D eigenvalue weighted by Crippen LogP contribution is 2.44. The Balaban J connectivity index is 1.82. The maximum Gasteiger partial charge on any atom is 0.248 e. The third-order valence-electron chi connectivity index (χ3n) is 3.79. The van der Waals surface area contributed by atoms with E-state index in [2.05, 4.69) is 0 Å². The van der Waals surface area contributed by atoms with Crippen molar-refractivity contribution < 1.29 is 8.78 Å². The summed E-state index contributed by atoms with van der Waals surface area (Å²) in [5.41, 5.74) is 0. The molecule has 0 nitrogen and oxygen atoms in total. The lowest BCUT2D eigenvalue weighted by atomic mass is 9.73. The van der Waals surface area contributed by atoms with Gasteiger partial charge in [0.2, 0.25) is 5.92 Å². The topological polar surface area (TPSA) is 0 Å². The molecule has 2 rings (SSSR count). The van der Waals surface area contributed by atoms with Crippen LogP contribution in [0.4, 0.5) is 8.78 Å². The third-order valence-corrected chi connectivity index (χ3v) is 3.79. The molecule has 0 bridgehead atoms. The Morgan fingerprint density at radius 3 is 2.07 bits per heavy atom. The molecule has 0 aromatic rings. The second-order valence-corrected chi connectivity index (χ2v) is 4.85. The van der Waals surface area contributed by atoms with E-state index < -0.39 is 5.92 Å². The minimum atomic E-state index is -2.36. The summed E-state index contributed by atoms with van der Waals surface area (Å²) in [6, 6.07) is 0. The van der Waals surface area contributed by atoms with Gasteiger partial charge in [0.25, 0.3) is 0 Å². The van der Waals surface area contributed by atoms with Crippen LogP contribution in [0.25, 0.3) is 0 Å². The van der Waals surface area contributed by atoms with E-state index in [9.17, 15) is 8.78 Å². The van der Waals surface area contributed by atoms with Crippen LogP contribution in [0.3, 0.4) is 0 Å². The molecule has 2 heteroatoms. The van der Waals surface area contributed by atoms with E-state index in [1.165, 1.54) is 32.1 Å². The van der Waals surface area contributed by atoms with Gasteiger partial charge in [0, 0.05) is 12.8 Å². The van der Waals surface area contributed by atoms with Gasteiger partial charge in [0.1, 0.15) is 0 Å². The van der Waals surface area contributed by atoms with Crippen LogP contribution in [0.1, 0.15) is 57.8 Å². The summed E-state index contributed by atoms with van der Waals surface area (Å²) >= 11 is 0. The maximum atomic E-state index is 12.9. The van der Waals surface area contributed by atoms with Gasteiger partial charge in [-0.15, -0.1) is 0 Å². The standard InChI is InChI=1S/C12H19F2/c13-12(14)8-6-11(7-9-12)10-4-2-1-3-5-10/h11H,1-9H2. The van der Waals surface area contributed by atoms with Crippen LogP contribution >= 0.6 is 0 Å². The Labute approximate surface area is 85.1 Å². The van der Waals surface area contributed by atoms with Gasteiger partial charge in [0.05, 0.1) is 0 Å². The van der Waals surface area contributed by atoms with E-state index in [0.29, 0.717) is 5.92 Å². The summed E-state index contributed by atoms with van der Waals surface area (Å²) < 4.78 is 25.9. The van der Waals surface area contributed by atoms with E-state index in [1.54, 1.807) is 5.92 Å². The first-order chi connectivity index (χ1) is 6.67. The normalized spacial score (nSPS) is 30.4. The van der Waals surface area contributed by atoms with E-state index >= 15 is 0 Å². The average Bonchev–Trinajstić information content (AvgIpc) is 2.19. The van der Waals surface area contributed by atoms with Crippen LogP contribution in [0.15, 0.2) is 0 Å². The first-order valence-corrected chi connectivity index (χ1v) is 5.90. The van der Waals surface area contributed by atoms with Crippen LogP contribution in [0, 0.1) is 11.8 Å². The minimum Gasteiger partial charge on any atom is -0.207 e. The van der Waals surface area contributed by atoms with Gasteiger partial charge in [-0.05, 0) is 37.5 Å². The molecule has 2 saturated carbocycles. The predicted octanol–water partition coefficient (Wildman–Crippen LogP) is 4.35. The van der Waals surface area contributed by atoms with E-state index in [-0.39, 0.29) is 12.8 Å².